The van der Waals surface area contributed by atoms with Crippen molar-refractivity contribution in [2.45, 2.75) is 0 Å². The first kappa shape index (κ1) is 21.3. The minimum Gasteiger partial charge on any atom is -0.507 e. The van der Waals surface area contributed by atoms with Crippen molar-refractivity contribution in [2.75, 3.05) is 4.90 Å². The Kier molecular flexibility index (Phi) is 6.24. The highest BCUT2D eigenvalue weighted by Gasteiger charge is 2.23. The molecule has 148 valence electrons. The minimum absolute atomic E-state index is 0.0868. The van der Waals surface area contributed by atoms with Crippen LogP contribution in [0.3, 0.4) is 0 Å². The fourth-order valence-corrected chi connectivity index (χ4v) is 3.74. The first-order valence-corrected chi connectivity index (χ1v) is 9.56. The van der Waals surface area contributed by atoms with Gasteiger partial charge in [-0.2, -0.15) is 0 Å². The summed E-state index contributed by atoms with van der Waals surface area (Å²) in [6, 6.07) is 13.0. The Morgan fingerprint density at radius 2 is 1.21 bits per heavy atom. The molecule has 0 aliphatic carbocycles. The maximum Gasteiger partial charge on any atom is 0.262 e. The summed E-state index contributed by atoms with van der Waals surface area (Å²) < 4.78 is 0. The zero-order valence-electron chi connectivity index (χ0n) is 14.5. The Balaban J connectivity index is 2.21. The highest BCUT2D eigenvalue weighted by atomic mass is 35.5. The van der Waals surface area contributed by atoms with Crippen molar-refractivity contribution in [3.63, 3.8) is 0 Å². The molecule has 0 unspecified atom stereocenters. The van der Waals surface area contributed by atoms with Crippen molar-refractivity contribution in [1.82, 2.24) is 0 Å². The average molecular weight is 470 g/mol. The van der Waals surface area contributed by atoms with E-state index in [-0.39, 0.29) is 16.9 Å². The van der Waals surface area contributed by atoms with E-state index in [2.05, 4.69) is 0 Å². The molecule has 0 aliphatic heterocycles. The van der Waals surface area contributed by atoms with Gasteiger partial charge in [-0.3, -0.25) is 14.5 Å². The van der Waals surface area contributed by atoms with Gasteiger partial charge in [-0.05, 0) is 54.6 Å². The molecule has 0 radical (unpaired) electrons. The molecular weight excluding hydrogens is 458 g/mol. The van der Waals surface area contributed by atoms with Crippen LogP contribution in [0.5, 0.6) is 5.75 Å². The largest absolute Gasteiger partial charge is 0.507 e. The second-order valence-electron chi connectivity index (χ2n) is 5.99. The van der Waals surface area contributed by atoms with E-state index in [1.54, 1.807) is 0 Å². The van der Waals surface area contributed by atoms with Crippen molar-refractivity contribution in [3.05, 3.63) is 85.8 Å². The molecule has 29 heavy (non-hydrogen) atoms. The normalized spacial score (nSPS) is 10.6. The number of carbonyl (C=O) groups is 2. The third-order valence-corrected chi connectivity index (χ3v) is 4.80. The van der Waals surface area contributed by atoms with E-state index in [1.807, 2.05) is 0 Å². The van der Waals surface area contributed by atoms with Crippen molar-refractivity contribution in [3.8, 4) is 5.75 Å². The molecule has 3 rings (SSSR count). The summed E-state index contributed by atoms with van der Waals surface area (Å²) in [4.78, 5) is 26.2. The van der Waals surface area contributed by atoms with Crippen LogP contribution in [0.4, 0.5) is 11.4 Å². The molecule has 0 saturated heterocycles. The molecule has 3 aromatic rings. The SMILES string of the molecule is NC(=O)c1cc(C(=O)N(c2cc(Cl)cc(Cl)c2)c2cc(Cl)cc(Cl)c2)ccc1O. The quantitative estimate of drug-likeness (QED) is 0.485. The lowest BCUT2D eigenvalue weighted by atomic mass is 10.1. The lowest BCUT2D eigenvalue weighted by molar-refractivity contribution is 0.0997. The van der Waals surface area contributed by atoms with Gasteiger partial charge in [-0.15, -0.1) is 0 Å². The molecule has 0 bridgehead atoms. The average Bonchev–Trinajstić information content (AvgIpc) is 2.60. The maximum absolute atomic E-state index is 13.4. The number of aromatic hydroxyl groups is 1. The first-order valence-electron chi connectivity index (χ1n) is 8.05. The second kappa shape index (κ2) is 8.51. The molecule has 0 spiro atoms. The summed E-state index contributed by atoms with van der Waals surface area (Å²) in [5, 5.41) is 11.0. The van der Waals surface area contributed by atoms with Gasteiger partial charge in [0, 0.05) is 25.7 Å². The Morgan fingerprint density at radius 1 is 0.759 bits per heavy atom. The third-order valence-electron chi connectivity index (χ3n) is 3.92. The number of carbonyl (C=O) groups excluding carboxylic acids is 2. The molecule has 0 atom stereocenters. The molecule has 9 heteroatoms. The predicted molar refractivity (Wildman–Crippen MR) is 116 cm³/mol. The van der Waals surface area contributed by atoms with Crippen LogP contribution < -0.4 is 10.6 Å². The van der Waals surface area contributed by atoms with E-state index >= 15 is 0 Å². The van der Waals surface area contributed by atoms with Gasteiger partial charge in [0.05, 0.1) is 16.9 Å². The Bertz CT molecular complexity index is 1040. The van der Waals surface area contributed by atoms with Crippen LogP contribution in [0.1, 0.15) is 20.7 Å². The van der Waals surface area contributed by atoms with Gasteiger partial charge in [-0.1, -0.05) is 46.4 Å². The Labute approximate surface area is 186 Å². The van der Waals surface area contributed by atoms with Gasteiger partial charge in [0.15, 0.2) is 0 Å². The highest BCUT2D eigenvalue weighted by molar-refractivity contribution is 6.36. The third kappa shape index (κ3) is 4.77. The number of halogens is 4. The molecule has 0 heterocycles. The summed E-state index contributed by atoms with van der Waals surface area (Å²) in [6.45, 7) is 0. The fourth-order valence-electron chi connectivity index (χ4n) is 2.72. The summed E-state index contributed by atoms with van der Waals surface area (Å²) in [7, 11) is 0. The van der Waals surface area contributed by atoms with E-state index in [1.165, 1.54) is 59.5 Å². The number of primary amides is 1. The summed E-state index contributed by atoms with van der Waals surface area (Å²) in [6.07, 6.45) is 0. The molecule has 5 nitrogen and oxygen atoms in total. The van der Waals surface area contributed by atoms with Crippen LogP contribution in [-0.2, 0) is 0 Å². The molecule has 0 fully saturated rings. The molecule has 0 aliphatic rings. The van der Waals surface area contributed by atoms with Crippen LogP contribution in [0.25, 0.3) is 0 Å². The zero-order valence-corrected chi connectivity index (χ0v) is 17.5. The molecule has 0 saturated carbocycles. The van der Waals surface area contributed by atoms with Gasteiger partial charge in [0.25, 0.3) is 11.8 Å². The predicted octanol–water partition coefficient (Wildman–Crippen LogP) is 6.08. The molecule has 3 aromatic carbocycles. The van der Waals surface area contributed by atoms with E-state index in [0.717, 1.165) is 0 Å². The van der Waals surface area contributed by atoms with Gasteiger partial charge < -0.3 is 10.8 Å². The van der Waals surface area contributed by atoms with Gasteiger partial charge in [0.1, 0.15) is 5.75 Å². The van der Waals surface area contributed by atoms with Crippen molar-refractivity contribution >= 4 is 69.6 Å². The number of rotatable bonds is 4. The summed E-state index contributed by atoms with van der Waals surface area (Å²) >= 11 is 24.5. The molecule has 2 amide bonds. The van der Waals surface area contributed by atoms with Crippen LogP contribution in [-0.4, -0.2) is 16.9 Å². The number of amides is 2. The lowest BCUT2D eigenvalue weighted by Gasteiger charge is -2.24. The van der Waals surface area contributed by atoms with Crippen LogP contribution in [0, 0.1) is 0 Å². The fraction of sp³-hybridized carbons (Fsp3) is 0. The van der Waals surface area contributed by atoms with Crippen LogP contribution >= 0.6 is 46.4 Å². The van der Waals surface area contributed by atoms with Gasteiger partial charge >= 0.3 is 0 Å². The minimum atomic E-state index is -0.875. The smallest absolute Gasteiger partial charge is 0.262 e. The standard InChI is InChI=1S/C20H12Cl4N2O3/c21-11-4-12(22)7-15(6-11)26(16-8-13(23)5-14(24)9-16)20(29)10-1-2-18(27)17(3-10)19(25)28/h1-9,27H,(H2,25,28). The van der Waals surface area contributed by atoms with Crippen molar-refractivity contribution in [1.29, 1.82) is 0 Å². The molecule has 3 N–H and O–H groups in total. The number of hydrogen-bond donors (Lipinski definition) is 2. The number of nitrogens with zero attached hydrogens (tertiary/aromatic N) is 1. The number of nitrogens with two attached hydrogens (primary N) is 1. The first-order chi connectivity index (χ1) is 13.7. The molecular formula is C20H12Cl4N2O3. The number of benzene rings is 3. The Hall–Kier alpha value is -2.44. The number of hydrogen-bond acceptors (Lipinski definition) is 3. The van der Waals surface area contributed by atoms with Crippen molar-refractivity contribution < 1.29 is 14.7 Å². The maximum atomic E-state index is 13.4. The highest BCUT2D eigenvalue weighted by Crippen LogP contribution is 2.35. The van der Waals surface area contributed by atoms with Gasteiger partial charge in [0.2, 0.25) is 0 Å². The monoisotopic (exact) mass is 468 g/mol. The number of phenols is 1. The van der Waals surface area contributed by atoms with Gasteiger partial charge in [-0.25, -0.2) is 0 Å². The van der Waals surface area contributed by atoms with E-state index < -0.39 is 11.8 Å². The molecule has 0 aromatic heterocycles. The van der Waals surface area contributed by atoms with E-state index in [4.69, 9.17) is 52.1 Å². The summed E-state index contributed by atoms with van der Waals surface area (Å²) in [5.74, 6) is -1.76. The van der Waals surface area contributed by atoms with Crippen LogP contribution in [0.2, 0.25) is 20.1 Å². The van der Waals surface area contributed by atoms with Crippen molar-refractivity contribution in [2.24, 2.45) is 5.73 Å². The van der Waals surface area contributed by atoms with Crippen LogP contribution in [0.15, 0.2) is 54.6 Å². The number of anilines is 2. The van der Waals surface area contributed by atoms with E-state index in [0.29, 0.717) is 31.5 Å². The zero-order chi connectivity index (χ0) is 21.3. The Morgan fingerprint density at radius 3 is 1.62 bits per heavy atom. The lowest BCUT2D eigenvalue weighted by Crippen LogP contribution is -2.26. The summed E-state index contributed by atoms with van der Waals surface area (Å²) in [5.41, 5.74) is 5.86. The topological polar surface area (TPSA) is 83.6 Å². The van der Waals surface area contributed by atoms with E-state index in [9.17, 15) is 14.7 Å². The second-order valence-corrected chi connectivity index (χ2v) is 7.74.